The summed E-state index contributed by atoms with van der Waals surface area (Å²) in [5, 5.41) is 0. The molecule has 0 saturated carbocycles. The second kappa shape index (κ2) is 1.29. The van der Waals surface area contributed by atoms with Gasteiger partial charge in [-0.1, -0.05) is 0 Å². The van der Waals surface area contributed by atoms with Crippen LogP contribution in [0.1, 0.15) is 0 Å². The second-order valence-corrected chi connectivity index (χ2v) is 6.95. The first kappa shape index (κ1) is 5.48. The van der Waals surface area contributed by atoms with Crippen LogP contribution in [0, 0.1) is 0 Å². The van der Waals surface area contributed by atoms with Crippen molar-refractivity contribution in [2.45, 2.75) is 11.4 Å². The molecule has 0 bridgehead atoms. The zero-order valence-corrected chi connectivity index (χ0v) is 5.22. The first-order valence-electron chi connectivity index (χ1n) is 1.29. The van der Waals surface area contributed by atoms with E-state index in [4.69, 9.17) is 8.19 Å². The van der Waals surface area contributed by atoms with Crippen LogP contribution in [-0.2, 0) is 0 Å². The van der Waals surface area contributed by atoms with E-state index in [1.165, 1.54) is 11.4 Å². The van der Waals surface area contributed by atoms with E-state index >= 15 is 0 Å². The molecule has 0 aliphatic carbocycles. The third-order valence-electron chi connectivity index (χ3n) is 0. The van der Waals surface area contributed by atoms with Crippen LogP contribution in [0.5, 0.6) is 0 Å². The van der Waals surface area contributed by atoms with Crippen molar-refractivity contribution in [3.63, 3.8) is 0 Å². The molecule has 2 nitrogen and oxygen atoms in total. The number of hydrogen-bond donors (Lipinski definition) is 2. The van der Waals surface area contributed by atoms with Crippen molar-refractivity contribution in [1.29, 1.82) is 0 Å². The Morgan fingerprint density at radius 1 is 1.20 bits per heavy atom. The Hall–Kier alpha value is 0.478. The van der Waals surface area contributed by atoms with Crippen LogP contribution in [0.15, 0.2) is 0 Å². The van der Waals surface area contributed by atoms with Crippen LogP contribution in [0.3, 0.4) is 0 Å². The van der Waals surface area contributed by atoms with Gasteiger partial charge in [0, 0.05) is 0 Å². The van der Waals surface area contributed by atoms with E-state index in [2.05, 4.69) is 0 Å². The van der Waals surface area contributed by atoms with Gasteiger partial charge in [-0.3, -0.25) is 0 Å². The van der Waals surface area contributed by atoms with Gasteiger partial charge in [0.05, 0.1) is 0 Å². The minimum absolute atomic E-state index is 1.47. The van der Waals surface area contributed by atoms with E-state index in [9.17, 15) is 0 Å². The van der Waals surface area contributed by atoms with E-state index in [0.29, 0.717) is 0 Å². The molecule has 0 spiro atoms. The molecule has 0 aromatic heterocycles. The zero-order valence-electron chi connectivity index (χ0n) is 3.34. The molecule has 0 amide bonds. The summed E-state index contributed by atoms with van der Waals surface area (Å²) >= 11 is -2.88. The molecule has 2 N–H and O–H groups in total. The van der Waals surface area contributed by atoms with E-state index < -0.39 is 14.2 Å². The summed E-state index contributed by atoms with van der Waals surface area (Å²) in [5.74, 6) is 0. The van der Waals surface area contributed by atoms with Gasteiger partial charge in [0.15, 0.2) is 0 Å². The van der Waals surface area contributed by atoms with Gasteiger partial charge in [0.25, 0.3) is 0 Å². The van der Waals surface area contributed by atoms with E-state index in [1.807, 2.05) is 0 Å². The third kappa shape index (κ3) is 120. The molecule has 0 heterocycles. The second-order valence-electron chi connectivity index (χ2n) is 1.34. The molecule has 1 radical (unpaired) electrons. The molecular weight excluding hydrogens is 131 g/mol. The Morgan fingerprint density at radius 3 is 1.20 bits per heavy atom. The van der Waals surface area contributed by atoms with Crippen molar-refractivity contribution in [3.05, 3.63) is 0 Å². The summed E-state index contributed by atoms with van der Waals surface area (Å²) in [6.45, 7) is 0. The average molecular weight is 139 g/mol. The van der Waals surface area contributed by atoms with Crippen molar-refractivity contribution in [2.75, 3.05) is 0 Å². The fraction of sp³-hybridized carbons (Fsp3) is 1.00. The Labute approximate surface area is 34.6 Å². The van der Waals surface area contributed by atoms with Crippen molar-refractivity contribution < 1.29 is 8.19 Å². The molecule has 0 saturated heterocycles. The topological polar surface area (TPSA) is 40.5 Å². The van der Waals surface area contributed by atoms with Gasteiger partial charge in [-0.2, -0.15) is 0 Å². The molecule has 0 aliphatic rings. The van der Waals surface area contributed by atoms with Crippen LogP contribution < -0.4 is 0 Å². The summed E-state index contributed by atoms with van der Waals surface area (Å²) in [5.41, 5.74) is 2.94. The molecule has 0 aliphatic heterocycles. The molecule has 0 fully saturated rings. The maximum absolute atomic E-state index is 8.25. The van der Waals surface area contributed by atoms with Gasteiger partial charge in [-0.15, -0.1) is 0 Å². The Kier molecular flexibility index (Phi) is 1.41. The maximum atomic E-state index is 8.25. The fourth-order valence-electron chi connectivity index (χ4n) is 0. The SMILES string of the molecule is C[As](C)(O)O. The molecule has 0 unspecified atom stereocenters. The Morgan fingerprint density at radius 2 is 1.20 bits per heavy atom. The molecule has 3 heteroatoms. The number of rotatable bonds is 0. The average Bonchev–Trinajstić information content (AvgIpc) is 0.722. The first-order chi connectivity index (χ1) is 2.00. The normalized spacial score (nSPS) is 12.0. The monoisotopic (exact) mass is 139 g/mol. The summed E-state index contributed by atoms with van der Waals surface area (Å²) in [4.78, 5) is 0. The molecule has 0 rings (SSSR count). The van der Waals surface area contributed by atoms with E-state index in [0.717, 1.165) is 0 Å². The van der Waals surface area contributed by atoms with Crippen LogP contribution in [-0.4, -0.2) is 22.4 Å². The van der Waals surface area contributed by atoms with E-state index in [-0.39, 0.29) is 0 Å². The Balaban J connectivity index is 3.02. The van der Waals surface area contributed by atoms with Crippen molar-refractivity contribution >= 4 is 14.2 Å². The molecular formula is C2H8AsO2. The van der Waals surface area contributed by atoms with Crippen LogP contribution >= 0.6 is 0 Å². The van der Waals surface area contributed by atoms with Crippen LogP contribution in [0.2, 0.25) is 11.4 Å². The molecule has 5 heavy (non-hydrogen) atoms. The molecule has 0 atom stereocenters. The third-order valence-corrected chi connectivity index (χ3v) is 0. The van der Waals surface area contributed by atoms with E-state index in [1.54, 1.807) is 0 Å². The number of hydrogen-bond acceptors (Lipinski definition) is 2. The molecule has 0 aromatic rings. The predicted octanol–water partition coefficient (Wildman–Crippen LogP) is -0.327. The van der Waals surface area contributed by atoms with Crippen LogP contribution in [0.25, 0.3) is 0 Å². The van der Waals surface area contributed by atoms with Crippen molar-refractivity contribution in [2.24, 2.45) is 0 Å². The van der Waals surface area contributed by atoms with Gasteiger partial charge in [-0.05, 0) is 0 Å². The summed E-state index contributed by atoms with van der Waals surface area (Å²) in [6.07, 6.45) is 0. The van der Waals surface area contributed by atoms with Gasteiger partial charge < -0.3 is 0 Å². The summed E-state index contributed by atoms with van der Waals surface area (Å²) in [6, 6.07) is 0. The van der Waals surface area contributed by atoms with Crippen molar-refractivity contribution in [1.82, 2.24) is 0 Å². The first-order valence-corrected chi connectivity index (χ1v) is 6.73. The molecule has 0 aromatic carbocycles. The van der Waals surface area contributed by atoms with Gasteiger partial charge in [-0.25, -0.2) is 0 Å². The summed E-state index contributed by atoms with van der Waals surface area (Å²) < 4.78 is 16.5. The Bertz CT molecular complexity index is 23.1. The fourth-order valence-corrected chi connectivity index (χ4v) is 0. The van der Waals surface area contributed by atoms with Gasteiger partial charge in [0.2, 0.25) is 0 Å². The van der Waals surface area contributed by atoms with Gasteiger partial charge >= 0.3 is 33.8 Å². The van der Waals surface area contributed by atoms with Gasteiger partial charge in [0.1, 0.15) is 0 Å². The predicted molar refractivity (Wildman–Crippen MR) is 21.9 cm³/mol. The molecule has 33 valence electrons. The quantitative estimate of drug-likeness (QED) is 0.451. The standard InChI is InChI=1S/C2H8AsO2/c1-3(2,4)5/h4-5H,1-2H3. The van der Waals surface area contributed by atoms with Crippen molar-refractivity contribution in [3.8, 4) is 0 Å². The zero-order chi connectivity index (χ0) is 4.50. The van der Waals surface area contributed by atoms with Crippen LogP contribution in [0.4, 0.5) is 0 Å². The summed E-state index contributed by atoms with van der Waals surface area (Å²) in [7, 11) is 0. The minimum atomic E-state index is -2.88.